The molecule has 1 heterocycles. The van der Waals surface area contributed by atoms with Crippen molar-refractivity contribution >= 4 is 32.8 Å². The summed E-state index contributed by atoms with van der Waals surface area (Å²) in [5.74, 6) is 0. The third-order valence-electron chi connectivity index (χ3n) is 2.03. The topological polar surface area (TPSA) is 60.2 Å². The molecule has 3 nitrogen and oxygen atoms in total. The van der Waals surface area contributed by atoms with Crippen molar-refractivity contribution < 1.29 is 8.42 Å². The van der Waals surface area contributed by atoms with E-state index in [1.165, 1.54) is 6.07 Å². The summed E-state index contributed by atoms with van der Waals surface area (Å²) in [5, 5.41) is 0. The Hall–Kier alpha value is -0.100. The smallest absolute Gasteiger partial charge is 0.194 e. The Morgan fingerprint density at radius 3 is 2.43 bits per heavy atom. The first kappa shape index (κ1) is 12.0. The molecule has 0 radical (unpaired) electrons. The lowest BCUT2D eigenvalue weighted by Crippen LogP contribution is -2.39. The summed E-state index contributed by atoms with van der Waals surface area (Å²) >= 11 is 6.74. The number of sulfone groups is 1. The van der Waals surface area contributed by atoms with Gasteiger partial charge in [-0.25, -0.2) is 8.42 Å². The highest BCUT2D eigenvalue weighted by atomic mass is 35.5. The molecule has 0 atom stereocenters. The second kappa shape index (κ2) is 3.81. The summed E-state index contributed by atoms with van der Waals surface area (Å²) in [6, 6.07) is 3.09. The van der Waals surface area contributed by atoms with E-state index >= 15 is 0 Å². The van der Waals surface area contributed by atoms with E-state index in [4.69, 9.17) is 17.3 Å². The molecule has 0 aliphatic carbocycles. The zero-order chi connectivity index (χ0) is 11.0. The van der Waals surface area contributed by atoms with Crippen LogP contribution in [0.1, 0.15) is 13.8 Å². The van der Waals surface area contributed by atoms with E-state index in [-0.39, 0.29) is 10.8 Å². The number of hydrogen-bond donors (Lipinski definition) is 1. The van der Waals surface area contributed by atoms with Crippen LogP contribution in [0.5, 0.6) is 0 Å². The third kappa shape index (κ3) is 1.95. The van der Waals surface area contributed by atoms with Gasteiger partial charge >= 0.3 is 0 Å². The fourth-order valence-corrected chi connectivity index (χ4v) is 4.13. The molecule has 1 aromatic heterocycles. The van der Waals surface area contributed by atoms with E-state index in [9.17, 15) is 8.42 Å². The fraction of sp³-hybridized carbons (Fsp3) is 0.500. The zero-order valence-corrected chi connectivity index (χ0v) is 10.3. The van der Waals surface area contributed by atoms with Crippen LogP contribution in [0.4, 0.5) is 0 Å². The molecule has 14 heavy (non-hydrogen) atoms. The lowest BCUT2D eigenvalue weighted by molar-refractivity contribution is 0.551. The largest absolute Gasteiger partial charge is 0.329 e. The van der Waals surface area contributed by atoms with Gasteiger partial charge in [-0.1, -0.05) is 11.6 Å². The molecule has 1 aromatic rings. The molecule has 80 valence electrons. The molecule has 0 saturated heterocycles. The molecule has 0 fully saturated rings. The summed E-state index contributed by atoms with van der Waals surface area (Å²) in [4.78, 5) is 0. The van der Waals surface area contributed by atoms with E-state index in [2.05, 4.69) is 0 Å². The van der Waals surface area contributed by atoms with Gasteiger partial charge in [-0.2, -0.15) is 0 Å². The lowest BCUT2D eigenvalue weighted by atomic mass is 10.2. The van der Waals surface area contributed by atoms with Gasteiger partial charge in [-0.3, -0.25) is 0 Å². The van der Waals surface area contributed by atoms with Crippen LogP contribution in [-0.4, -0.2) is 19.7 Å². The molecule has 0 aromatic carbocycles. The van der Waals surface area contributed by atoms with Gasteiger partial charge in [-0.15, -0.1) is 11.3 Å². The van der Waals surface area contributed by atoms with Crippen molar-refractivity contribution in [3.8, 4) is 0 Å². The maximum absolute atomic E-state index is 12.0. The van der Waals surface area contributed by atoms with Crippen molar-refractivity contribution in [2.75, 3.05) is 6.54 Å². The van der Waals surface area contributed by atoms with Crippen molar-refractivity contribution in [1.82, 2.24) is 0 Å². The van der Waals surface area contributed by atoms with Crippen molar-refractivity contribution in [1.29, 1.82) is 0 Å². The van der Waals surface area contributed by atoms with Crippen LogP contribution >= 0.6 is 22.9 Å². The predicted molar refractivity (Wildman–Crippen MR) is 59.6 cm³/mol. The van der Waals surface area contributed by atoms with Gasteiger partial charge in [-0.05, 0) is 26.0 Å². The average Bonchev–Trinajstić information content (AvgIpc) is 2.52. The normalized spacial score (nSPS) is 13.1. The molecule has 0 aliphatic rings. The lowest BCUT2D eigenvalue weighted by Gasteiger charge is -2.21. The van der Waals surface area contributed by atoms with Crippen molar-refractivity contribution in [3.63, 3.8) is 0 Å². The highest BCUT2D eigenvalue weighted by Gasteiger charge is 2.35. The van der Waals surface area contributed by atoms with E-state index in [0.29, 0.717) is 4.34 Å². The van der Waals surface area contributed by atoms with Gasteiger partial charge in [0.25, 0.3) is 0 Å². The Morgan fingerprint density at radius 1 is 1.50 bits per heavy atom. The Bertz CT molecular complexity index is 422. The van der Waals surface area contributed by atoms with E-state index in [1.807, 2.05) is 0 Å². The Morgan fingerprint density at radius 2 is 2.07 bits per heavy atom. The maximum Gasteiger partial charge on any atom is 0.194 e. The number of thiophene rings is 1. The van der Waals surface area contributed by atoms with Gasteiger partial charge in [0, 0.05) is 6.54 Å². The predicted octanol–water partition coefficient (Wildman–Crippen LogP) is 1.91. The van der Waals surface area contributed by atoms with Gasteiger partial charge < -0.3 is 5.73 Å². The highest BCUT2D eigenvalue weighted by Crippen LogP contribution is 2.32. The third-order valence-corrected chi connectivity index (χ3v) is 6.25. The van der Waals surface area contributed by atoms with Gasteiger partial charge in [0.15, 0.2) is 9.84 Å². The molecule has 0 amide bonds. The van der Waals surface area contributed by atoms with Crippen LogP contribution in [0.25, 0.3) is 0 Å². The minimum Gasteiger partial charge on any atom is -0.329 e. The van der Waals surface area contributed by atoms with Crippen molar-refractivity contribution in [2.45, 2.75) is 22.8 Å². The van der Waals surface area contributed by atoms with Crippen molar-refractivity contribution in [2.24, 2.45) is 5.73 Å². The first-order valence-electron chi connectivity index (χ1n) is 4.01. The fourth-order valence-electron chi connectivity index (χ4n) is 0.824. The van der Waals surface area contributed by atoms with E-state index < -0.39 is 14.6 Å². The SMILES string of the molecule is CC(C)(CN)S(=O)(=O)c1ccc(Cl)s1. The van der Waals surface area contributed by atoms with Crippen LogP contribution in [-0.2, 0) is 9.84 Å². The van der Waals surface area contributed by atoms with Crippen LogP contribution in [0, 0.1) is 0 Å². The molecule has 0 spiro atoms. The monoisotopic (exact) mass is 253 g/mol. The molecule has 0 saturated carbocycles. The Labute approximate surface area is 92.8 Å². The number of nitrogens with two attached hydrogens (primary N) is 1. The van der Waals surface area contributed by atoms with Crippen molar-refractivity contribution in [3.05, 3.63) is 16.5 Å². The molecule has 6 heteroatoms. The molecule has 0 unspecified atom stereocenters. The number of halogens is 1. The summed E-state index contributed by atoms with van der Waals surface area (Å²) < 4.78 is 23.7. The van der Waals surface area contributed by atoms with E-state index in [1.54, 1.807) is 19.9 Å². The number of rotatable bonds is 3. The Balaban J connectivity index is 3.22. The maximum atomic E-state index is 12.0. The summed E-state index contributed by atoms with van der Waals surface area (Å²) in [5.41, 5.74) is 5.43. The summed E-state index contributed by atoms with van der Waals surface area (Å²) in [6.07, 6.45) is 0. The molecule has 2 N–H and O–H groups in total. The molecule has 0 aliphatic heterocycles. The molecular weight excluding hydrogens is 242 g/mol. The quantitative estimate of drug-likeness (QED) is 0.895. The van der Waals surface area contributed by atoms with Crippen LogP contribution in [0.15, 0.2) is 16.3 Å². The van der Waals surface area contributed by atoms with Gasteiger partial charge in [0.1, 0.15) is 4.21 Å². The van der Waals surface area contributed by atoms with Gasteiger partial charge in [0.2, 0.25) is 0 Å². The molecule has 0 bridgehead atoms. The second-order valence-electron chi connectivity index (χ2n) is 3.53. The van der Waals surface area contributed by atoms with Crippen LogP contribution in [0.3, 0.4) is 0 Å². The summed E-state index contributed by atoms with van der Waals surface area (Å²) in [6.45, 7) is 3.30. The highest BCUT2D eigenvalue weighted by molar-refractivity contribution is 7.94. The first-order chi connectivity index (χ1) is 6.31. The standard InChI is InChI=1S/C8H12ClNO2S2/c1-8(2,5-10)14(11,12)7-4-3-6(9)13-7/h3-4H,5,10H2,1-2H3. The summed E-state index contributed by atoms with van der Waals surface area (Å²) in [7, 11) is -3.36. The average molecular weight is 254 g/mol. The molecular formula is C8H12ClNO2S2. The van der Waals surface area contributed by atoms with Crippen LogP contribution in [0.2, 0.25) is 4.34 Å². The molecule has 1 rings (SSSR count). The Kier molecular flexibility index (Phi) is 3.26. The zero-order valence-electron chi connectivity index (χ0n) is 7.95. The van der Waals surface area contributed by atoms with Gasteiger partial charge in [0.05, 0.1) is 9.08 Å². The second-order valence-corrected chi connectivity index (χ2v) is 8.05. The minimum absolute atomic E-state index is 0.0881. The van der Waals surface area contributed by atoms with Crippen LogP contribution < -0.4 is 5.73 Å². The minimum atomic E-state index is -3.36. The van der Waals surface area contributed by atoms with E-state index in [0.717, 1.165) is 11.3 Å². The first-order valence-corrected chi connectivity index (χ1v) is 6.69. The number of hydrogen-bond acceptors (Lipinski definition) is 4.